The van der Waals surface area contributed by atoms with Crippen molar-refractivity contribution in [3.63, 3.8) is 0 Å². The number of aromatic nitrogens is 3. The fraction of sp³-hybridized carbons (Fsp3) is 0.400. The molecule has 0 unspecified atom stereocenters. The van der Waals surface area contributed by atoms with E-state index in [0.717, 1.165) is 18.7 Å². The minimum Gasteiger partial charge on any atom is -0.341 e. The second-order valence-electron chi connectivity index (χ2n) is 5.22. The summed E-state index contributed by atoms with van der Waals surface area (Å²) in [4.78, 5) is 15.3. The average Bonchev–Trinajstić information content (AvgIpc) is 2.95. The zero-order valence-corrected chi connectivity index (χ0v) is 12.5. The number of anilines is 1. The second-order valence-corrected chi connectivity index (χ2v) is 5.56. The van der Waals surface area contributed by atoms with Crippen molar-refractivity contribution in [1.82, 2.24) is 15.0 Å². The normalized spacial score (nSPS) is 14.8. The highest BCUT2D eigenvalue weighted by molar-refractivity contribution is 6.28. The SMILES string of the molecule is Cc1ccc(-c2nc(Cl)nc(N3CCCC3)n2)cc1C. The lowest BCUT2D eigenvalue weighted by Crippen LogP contribution is -2.21. The van der Waals surface area contributed by atoms with Crippen molar-refractivity contribution in [1.29, 1.82) is 0 Å². The molecule has 1 aromatic heterocycles. The van der Waals surface area contributed by atoms with Crippen molar-refractivity contribution in [2.75, 3.05) is 18.0 Å². The molecule has 1 fully saturated rings. The molecule has 0 saturated carbocycles. The third-order valence-electron chi connectivity index (χ3n) is 3.75. The molecule has 5 heteroatoms. The molecule has 1 aliphatic heterocycles. The largest absolute Gasteiger partial charge is 0.341 e. The third-order valence-corrected chi connectivity index (χ3v) is 3.92. The van der Waals surface area contributed by atoms with Crippen molar-refractivity contribution >= 4 is 17.5 Å². The van der Waals surface area contributed by atoms with E-state index in [2.05, 4.69) is 45.8 Å². The number of hydrogen-bond acceptors (Lipinski definition) is 4. The number of halogens is 1. The van der Waals surface area contributed by atoms with Gasteiger partial charge in [0.1, 0.15) is 0 Å². The van der Waals surface area contributed by atoms with Gasteiger partial charge in [-0.05, 0) is 55.5 Å². The van der Waals surface area contributed by atoms with E-state index >= 15 is 0 Å². The van der Waals surface area contributed by atoms with Crippen LogP contribution in [0.5, 0.6) is 0 Å². The Bertz CT molecular complexity index is 636. The second kappa shape index (κ2) is 5.37. The van der Waals surface area contributed by atoms with Gasteiger partial charge >= 0.3 is 0 Å². The lowest BCUT2D eigenvalue weighted by molar-refractivity contribution is 0.882. The van der Waals surface area contributed by atoms with Gasteiger partial charge in [0.15, 0.2) is 5.82 Å². The fourth-order valence-corrected chi connectivity index (χ4v) is 2.56. The molecule has 4 nitrogen and oxygen atoms in total. The van der Waals surface area contributed by atoms with Crippen LogP contribution in [0.2, 0.25) is 5.28 Å². The molecule has 0 bridgehead atoms. The van der Waals surface area contributed by atoms with Gasteiger partial charge in [0.2, 0.25) is 11.2 Å². The average molecular weight is 289 g/mol. The maximum atomic E-state index is 6.06. The van der Waals surface area contributed by atoms with Gasteiger partial charge in [0.25, 0.3) is 0 Å². The van der Waals surface area contributed by atoms with Crippen LogP contribution < -0.4 is 4.90 Å². The number of aryl methyl sites for hydroxylation is 2. The molecule has 1 aliphatic rings. The highest BCUT2D eigenvalue weighted by atomic mass is 35.5. The smallest absolute Gasteiger partial charge is 0.230 e. The van der Waals surface area contributed by atoms with E-state index in [9.17, 15) is 0 Å². The number of rotatable bonds is 2. The molecule has 2 heterocycles. The van der Waals surface area contributed by atoms with Crippen molar-refractivity contribution in [3.05, 3.63) is 34.6 Å². The van der Waals surface area contributed by atoms with E-state index < -0.39 is 0 Å². The Morgan fingerprint density at radius 2 is 1.75 bits per heavy atom. The summed E-state index contributed by atoms with van der Waals surface area (Å²) in [6, 6.07) is 6.20. The first-order valence-corrected chi connectivity index (χ1v) is 7.25. The molecule has 1 saturated heterocycles. The van der Waals surface area contributed by atoms with Crippen LogP contribution in [-0.4, -0.2) is 28.0 Å². The quantitative estimate of drug-likeness (QED) is 0.849. The topological polar surface area (TPSA) is 41.9 Å². The minimum absolute atomic E-state index is 0.259. The van der Waals surface area contributed by atoms with E-state index in [-0.39, 0.29) is 5.28 Å². The molecule has 104 valence electrons. The molecular formula is C15H17ClN4. The summed E-state index contributed by atoms with van der Waals surface area (Å²) in [6.45, 7) is 6.16. The van der Waals surface area contributed by atoms with E-state index in [1.165, 1.54) is 24.0 Å². The van der Waals surface area contributed by atoms with Crippen molar-refractivity contribution in [3.8, 4) is 11.4 Å². The Hall–Kier alpha value is -1.68. The monoisotopic (exact) mass is 288 g/mol. The molecule has 0 spiro atoms. The van der Waals surface area contributed by atoms with Crippen LogP contribution in [0.3, 0.4) is 0 Å². The van der Waals surface area contributed by atoms with Gasteiger partial charge in [-0.25, -0.2) is 0 Å². The number of hydrogen-bond donors (Lipinski definition) is 0. The van der Waals surface area contributed by atoms with E-state index in [4.69, 9.17) is 11.6 Å². The Kier molecular flexibility index (Phi) is 3.57. The Morgan fingerprint density at radius 1 is 1.00 bits per heavy atom. The number of nitrogens with zero attached hydrogens (tertiary/aromatic N) is 4. The van der Waals surface area contributed by atoms with Gasteiger partial charge in [-0.1, -0.05) is 12.1 Å². The molecule has 2 aromatic rings. The summed E-state index contributed by atoms with van der Waals surface area (Å²) in [5.41, 5.74) is 3.47. The standard InChI is InChI=1S/C15H17ClN4/c1-10-5-6-12(9-11(10)2)13-17-14(16)19-15(18-13)20-7-3-4-8-20/h5-6,9H,3-4,7-8H2,1-2H3. The molecule has 1 aromatic carbocycles. The first-order chi connectivity index (χ1) is 9.63. The molecular weight excluding hydrogens is 272 g/mol. The summed E-state index contributed by atoms with van der Waals surface area (Å²) in [5.74, 6) is 1.34. The van der Waals surface area contributed by atoms with Crippen LogP contribution in [0.1, 0.15) is 24.0 Å². The third kappa shape index (κ3) is 2.61. The minimum atomic E-state index is 0.259. The van der Waals surface area contributed by atoms with Gasteiger partial charge in [-0.3, -0.25) is 0 Å². The first kappa shape index (κ1) is 13.3. The highest BCUT2D eigenvalue weighted by Gasteiger charge is 2.17. The molecule has 0 radical (unpaired) electrons. The maximum absolute atomic E-state index is 6.06. The lowest BCUT2D eigenvalue weighted by Gasteiger charge is -2.15. The van der Waals surface area contributed by atoms with Crippen LogP contribution in [0.15, 0.2) is 18.2 Å². The van der Waals surface area contributed by atoms with Gasteiger partial charge in [0, 0.05) is 18.7 Å². The van der Waals surface area contributed by atoms with Crippen LogP contribution in [-0.2, 0) is 0 Å². The van der Waals surface area contributed by atoms with E-state index in [1.54, 1.807) is 0 Å². The van der Waals surface area contributed by atoms with Crippen molar-refractivity contribution < 1.29 is 0 Å². The van der Waals surface area contributed by atoms with E-state index in [0.29, 0.717) is 11.8 Å². The zero-order chi connectivity index (χ0) is 14.1. The Labute approximate surface area is 123 Å². The summed E-state index contributed by atoms with van der Waals surface area (Å²) in [7, 11) is 0. The molecule has 3 rings (SSSR count). The van der Waals surface area contributed by atoms with E-state index in [1.807, 2.05) is 6.07 Å². The lowest BCUT2D eigenvalue weighted by atomic mass is 10.1. The van der Waals surface area contributed by atoms with Crippen LogP contribution in [0.25, 0.3) is 11.4 Å². The van der Waals surface area contributed by atoms with Crippen molar-refractivity contribution in [2.45, 2.75) is 26.7 Å². The molecule has 20 heavy (non-hydrogen) atoms. The predicted octanol–water partition coefficient (Wildman–Crippen LogP) is 3.41. The summed E-state index contributed by atoms with van der Waals surface area (Å²) >= 11 is 6.06. The summed E-state index contributed by atoms with van der Waals surface area (Å²) < 4.78 is 0. The van der Waals surface area contributed by atoms with Crippen LogP contribution >= 0.6 is 11.6 Å². The van der Waals surface area contributed by atoms with Crippen LogP contribution in [0, 0.1) is 13.8 Å². The van der Waals surface area contributed by atoms with Gasteiger partial charge < -0.3 is 4.90 Å². The van der Waals surface area contributed by atoms with Gasteiger partial charge in [0.05, 0.1) is 0 Å². The molecule has 0 aliphatic carbocycles. The highest BCUT2D eigenvalue weighted by Crippen LogP contribution is 2.23. The molecule has 0 amide bonds. The van der Waals surface area contributed by atoms with Gasteiger partial charge in [-0.2, -0.15) is 15.0 Å². The zero-order valence-electron chi connectivity index (χ0n) is 11.7. The van der Waals surface area contributed by atoms with Crippen molar-refractivity contribution in [2.24, 2.45) is 0 Å². The van der Waals surface area contributed by atoms with Crippen LogP contribution in [0.4, 0.5) is 5.95 Å². The Morgan fingerprint density at radius 3 is 2.45 bits per heavy atom. The van der Waals surface area contributed by atoms with Gasteiger partial charge in [-0.15, -0.1) is 0 Å². The summed E-state index contributed by atoms with van der Waals surface area (Å²) in [6.07, 6.45) is 2.37. The maximum Gasteiger partial charge on any atom is 0.230 e. The molecule has 0 atom stereocenters. The number of benzene rings is 1. The fourth-order valence-electron chi connectivity index (χ4n) is 2.41. The molecule has 0 N–H and O–H groups in total. The summed E-state index contributed by atoms with van der Waals surface area (Å²) in [5, 5.41) is 0.259. The Balaban J connectivity index is 2.02. The predicted molar refractivity (Wildman–Crippen MR) is 81.2 cm³/mol. The first-order valence-electron chi connectivity index (χ1n) is 6.87.